The van der Waals surface area contributed by atoms with Gasteiger partial charge in [-0.1, -0.05) is 36.8 Å². The van der Waals surface area contributed by atoms with Gasteiger partial charge in [-0.05, 0) is 18.9 Å². The molecule has 0 bridgehead atoms. The molecule has 1 heterocycles. The lowest BCUT2D eigenvalue weighted by molar-refractivity contribution is 0.511. The van der Waals surface area contributed by atoms with E-state index in [0.717, 1.165) is 11.1 Å². The molecule has 0 atom stereocenters. The zero-order chi connectivity index (χ0) is 11.7. The summed E-state index contributed by atoms with van der Waals surface area (Å²) in [6.07, 6.45) is 0.527. The summed E-state index contributed by atoms with van der Waals surface area (Å²) in [6, 6.07) is 7.45. The van der Waals surface area contributed by atoms with Gasteiger partial charge in [0, 0.05) is 4.88 Å². The van der Waals surface area contributed by atoms with E-state index in [1.54, 1.807) is 0 Å². The van der Waals surface area contributed by atoms with Gasteiger partial charge in [0.1, 0.15) is 0 Å². The molecule has 0 aliphatic rings. The standard InChI is InChI=1S/C13H12F2S/c1-3-10-11(14)12(15)13(16-10)9-6-4-8(2)5-7-9/h4-7H,3H2,1-2H3. The van der Waals surface area contributed by atoms with Crippen LogP contribution >= 0.6 is 11.3 Å². The molecule has 0 fully saturated rings. The highest BCUT2D eigenvalue weighted by Crippen LogP contribution is 2.34. The van der Waals surface area contributed by atoms with Crippen molar-refractivity contribution in [3.63, 3.8) is 0 Å². The lowest BCUT2D eigenvalue weighted by Gasteiger charge is -1.98. The van der Waals surface area contributed by atoms with E-state index in [4.69, 9.17) is 0 Å². The molecule has 0 nitrogen and oxygen atoms in total. The van der Waals surface area contributed by atoms with Crippen molar-refractivity contribution < 1.29 is 8.78 Å². The first-order chi connectivity index (χ1) is 7.63. The fraction of sp³-hybridized carbons (Fsp3) is 0.231. The van der Waals surface area contributed by atoms with Gasteiger partial charge in [0.05, 0.1) is 4.88 Å². The zero-order valence-corrected chi connectivity index (χ0v) is 10.00. The summed E-state index contributed by atoms with van der Waals surface area (Å²) in [5.41, 5.74) is 1.85. The van der Waals surface area contributed by atoms with Crippen LogP contribution in [-0.2, 0) is 6.42 Å². The van der Waals surface area contributed by atoms with Crippen LogP contribution in [0.25, 0.3) is 10.4 Å². The first-order valence-corrected chi connectivity index (χ1v) is 5.98. The van der Waals surface area contributed by atoms with E-state index >= 15 is 0 Å². The van der Waals surface area contributed by atoms with Gasteiger partial charge >= 0.3 is 0 Å². The van der Waals surface area contributed by atoms with E-state index in [-0.39, 0.29) is 0 Å². The van der Waals surface area contributed by atoms with E-state index < -0.39 is 11.6 Å². The summed E-state index contributed by atoms with van der Waals surface area (Å²) in [6.45, 7) is 3.79. The van der Waals surface area contributed by atoms with Crippen LogP contribution in [0.3, 0.4) is 0 Å². The van der Waals surface area contributed by atoms with Crippen molar-refractivity contribution in [1.29, 1.82) is 0 Å². The Hall–Kier alpha value is -1.22. The second-order valence-electron chi connectivity index (χ2n) is 3.70. The monoisotopic (exact) mass is 238 g/mol. The number of thiophene rings is 1. The van der Waals surface area contributed by atoms with Gasteiger partial charge in [0.15, 0.2) is 11.6 Å². The van der Waals surface area contributed by atoms with Gasteiger partial charge in [-0.2, -0.15) is 0 Å². The highest BCUT2D eigenvalue weighted by Gasteiger charge is 2.18. The van der Waals surface area contributed by atoms with E-state index in [1.165, 1.54) is 11.3 Å². The van der Waals surface area contributed by atoms with E-state index in [1.807, 2.05) is 38.1 Å². The quantitative estimate of drug-likeness (QED) is 0.719. The minimum Gasteiger partial charge on any atom is -0.203 e. The summed E-state index contributed by atoms with van der Waals surface area (Å²) >= 11 is 1.20. The smallest absolute Gasteiger partial charge is 0.177 e. The molecular formula is C13H12F2S. The van der Waals surface area contributed by atoms with Crippen LogP contribution in [0.1, 0.15) is 17.4 Å². The van der Waals surface area contributed by atoms with Crippen molar-refractivity contribution >= 4 is 11.3 Å². The summed E-state index contributed by atoms with van der Waals surface area (Å²) in [7, 11) is 0. The number of aryl methyl sites for hydroxylation is 2. The van der Waals surface area contributed by atoms with Crippen LogP contribution in [-0.4, -0.2) is 0 Å². The Morgan fingerprint density at radius 3 is 2.19 bits per heavy atom. The van der Waals surface area contributed by atoms with Crippen molar-refractivity contribution in [1.82, 2.24) is 0 Å². The molecule has 1 aromatic heterocycles. The van der Waals surface area contributed by atoms with Gasteiger partial charge in [0.2, 0.25) is 0 Å². The number of halogens is 2. The van der Waals surface area contributed by atoms with E-state index in [2.05, 4.69) is 0 Å². The number of benzene rings is 1. The molecule has 0 radical (unpaired) electrons. The minimum atomic E-state index is -0.717. The first-order valence-electron chi connectivity index (χ1n) is 5.17. The van der Waals surface area contributed by atoms with Crippen molar-refractivity contribution in [3.05, 3.63) is 46.3 Å². The SMILES string of the molecule is CCc1sc(-c2ccc(C)cc2)c(F)c1F. The maximum Gasteiger partial charge on any atom is 0.177 e. The van der Waals surface area contributed by atoms with Crippen molar-refractivity contribution in [3.8, 4) is 10.4 Å². The fourth-order valence-electron chi connectivity index (χ4n) is 1.55. The molecule has 1 aromatic carbocycles. The molecular weight excluding hydrogens is 226 g/mol. The van der Waals surface area contributed by atoms with Crippen LogP contribution in [0.5, 0.6) is 0 Å². The summed E-state index contributed by atoms with van der Waals surface area (Å²) in [5.74, 6) is -1.41. The minimum absolute atomic E-state index is 0.398. The Bertz CT molecular complexity index is 497. The highest BCUT2D eigenvalue weighted by atomic mass is 32.1. The second-order valence-corrected chi connectivity index (χ2v) is 4.81. The number of rotatable bonds is 2. The summed E-state index contributed by atoms with van der Waals surface area (Å²) < 4.78 is 27.1. The van der Waals surface area contributed by atoms with Gasteiger partial charge < -0.3 is 0 Å². The molecule has 16 heavy (non-hydrogen) atoms. The molecule has 0 saturated heterocycles. The first kappa shape index (κ1) is 11.3. The molecule has 2 rings (SSSR count). The average Bonchev–Trinajstić information content (AvgIpc) is 2.57. The Balaban J connectivity index is 2.52. The zero-order valence-electron chi connectivity index (χ0n) is 9.18. The fourth-order valence-corrected chi connectivity index (χ4v) is 2.56. The number of hydrogen-bond acceptors (Lipinski definition) is 1. The maximum atomic E-state index is 13.6. The lowest BCUT2D eigenvalue weighted by Crippen LogP contribution is -1.82. The second kappa shape index (κ2) is 4.34. The van der Waals surface area contributed by atoms with Crippen LogP contribution in [0.2, 0.25) is 0 Å². The van der Waals surface area contributed by atoms with Crippen molar-refractivity contribution in [2.24, 2.45) is 0 Å². The predicted molar refractivity (Wildman–Crippen MR) is 63.8 cm³/mol. The third-order valence-corrected chi connectivity index (χ3v) is 3.83. The van der Waals surface area contributed by atoms with Gasteiger partial charge in [0.25, 0.3) is 0 Å². The third kappa shape index (κ3) is 1.87. The van der Waals surface area contributed by atoms with Crippen LogP contribution < -0.4 is 0 Å². The molecule has 0 amide bonds. The molecule has 84 valence electrons. The van der Waals surface area contributed by atoms with Crippen molar-refractivity contribution in [2.45, 2.75) is 20.3 Å². The molecule has 0 spiro atoms. The lowest BCUT2D eigenvalue weighted by atomic mass is 10.1. The van der Waals surface area contributed by atoms with Crippen LogP contribution in [0.15, 0.2) is 24.3 Å². The molecule has 2 aromatic rings. The van der Waals surface area contributed by atoms with Gasteiger partial charge in [-0.15, -0.1) is 11.3 Å². The molecule has 0 N–H and O–H groups in total. The predicted octanol–water partition coefficient (Wildman–Crippen LogP) is 4.56. The van der Waals surface area contributed by atoms with Gasteiger partial charge in [-0.3, -0.25) is 0 Å². The molecule has 0 saturated carbocycles. The van der Waals surface area contributed by atoms with Gasteiger partial charge in [-0.25, -0.2) is 8.78 Å². The normalized spacial score (nSPS) is 10.8. The summed E-state index contributed by atoms with van der Waals surface area (Å²) in [4.78, 5) is 0.877. The van der Waals surface area contributed by atoms with Crippen molar-refractivity contribution in [2.75, 3.05) is 0 Å². The molecule has 0 unspecified atom stereocenters. The van der Waals surface area contributed by atoms with Crippen LogP contribution in [0, 0.1) is 18.6 Å². The Kier molecular flexibility index (Phi) is 3.06. The van der Waals surface area contributed by atoms with E-state index in [9.17, 15) is 8.78 Å². The van der Waals surface area contributed by atoms with E-state index in [0.29, 0.717) is 16.2 Å². The highest BCUT2D eigenvalue weighted by molar-refractivity contribution is 7.15. The largest absolute Gasteiger partial charge is 0.203 e. The Morgan fingerprint density at radius 1 is 1.06 bits per heavy atom. The topological polar surface area (TPSA) is 0 Å². The Morgan fingerprint density at radius 2 is 1.69 bits per heavy atom. The molecule has 0 aliphatic carbocycles. The van der Waals surface area contributed by atoms with Crippen LogP contribution in [0.4, 0.5) is 8.78 Å². The third-order valence-electron chi connectivity index (χ3n) is 2.50. The maximum absolute atomic E-state index is 13.6. The Labute approximate surface area is 97.6 Å². The summed E-state index contributed by atoms with van der Waals surface area (Å²) in [5, 5.41) is 0. The number of hydrogen-bond donors (Lipinski definition) is 0. The molecule has 0 aliphatic heterocycles. The molecule has 3 heteroatoms. The average molecular weight is 238 g/mol.